The van der Waals surface area contributed by atoms with Crippen LogP contribution >= 0.6 is 0 Å². The summed E-state index contributed by atoms with van der Waals surface area (Å²) >= 11 is 0. The maximum Gasteiger partial charge on any atom is 0.222 e. The molecule has 1 atom stereocenters. The lowest BCUT2D eigenvalue weighted by Gasteiger charge is -2.24. The first-order valence-electron chi connectivity index (χ1n) is 6.75. The number of hydrogen-bond acceptors (Lipinski definition) is 2. The molecule has 3 nitrogen and oxygen atoms in total. The van der Waals surface area contributed by atoms with Crippen LogP contribution in [0, 0.1) is 23.7 Å². The van der Waals surface area contributed by atoms with Gasteiger partial charge in [-0.05, 0) is 55.9 Å². The van der Waals surface area contributed by atoms with E-state index in [4.69, 9.17) is 5.73 Å². The summed E-state index contributed by atoms with van der Waals surface area (Å²) < 4.78 is 0. The molecule has 0 aromatic rings. The number of carbonyl (C=O) groups is 1. The van der Waals surface area contributed by atoms with Crippen LogP contribution in [0.5, 0.6) is 0 Å². The van der Waals surface area contributed by atoms with Gasteiger partial charge in [0.2, 0.25) is 5.91 Å². The van der Waals surface area contributed by atoms with E-state index in [2.05, 4.69) is 4.90 Å². The molecule has 90 valence electrons. The summed E-state index contributed by atoms with van der Waals surface area (Å²) in [5.74, 6) is 3.48. The van der Waals surface area contributed by atoms with Gasteiger partial charge >= 0.3 is 0 Å². The molecule has 0 aromatic heterocycles. The summed E-state index contributed by atoms with van der Waals surface area (Å²) in [5.41, 5.74) is 5.65. The van der Waals surface area contributed by atoms with Crippen LogP contribution in [0.15, 0.2) is 0 Å². The lowest BCUT2D eigenvalue weighted by Crippen LogP contribution is -2.33. The van der Waals surface area contributed by atoms with Crippen molar-refractivity contribution >= 4 is 5.91 Å². The molecule has 1 heterocycles. The van der Waals surface area contributed by atoms with Crippen LogP contribution in [0.2, 0.25) is 0 Å². The van der Waals surface area contributed by atoms with Gasteiger partial charge in [0.15, 0.2) is 0 Å². The van der Waals surface area contributed by atoms with Crippen molar-refractivity contribution in [1.82, 2.24) is 4.90 Å². The van der Waals surface area contributed by atoms with E-state index in [-0.39, 0.29) is 0 Å². The molecule has 3 rings (SSSR count). The summed E-state index contributed by atoms with van der Waals surface area (Å²) in [4.78, 5) is 13.9. The third-order valence-electron chi connectivity index (χ3n) is 4.51. The Labute approximate surface area is 97.4 Å². The van der Waals surface area contributed by atoms with Gasteiger partial charge in [-0.3, -0.25) is 4.79 Å². The molecule has 3 heteroatoms. The molecule has 2 N–H and O–H groups in total. The normalized spacial score (nSPS) is 30.5. The first-order valence-corrected chi connectivity index (χ1v) is 6.75. The zero-order chi connectivity index (χ0) is 11.1. The van der Waals surface area contributed by atoms with Crippen LogP contribution in [0.4, 0.5) is 0 Å². The fourth-order valence-electron chi connectivity index (χ4n) is 3.17. The second-order valence-corrected chi connectivity index (χ2v) is 5.94. The molecular weight excluding hydrogens is 200 g/mol. The van der Waals surface area contributed by atoms with Crippen molar-refractivity contribution in [3.63, 3.8) is 0 Å². The summed E-state index contributed by atoms with van der Waals surface area (Å²) in [7, 11) is 0. The number of nitrogens with zero attached hydrogens (tertiary/aromatic N) is 1. The Morgan fingerprint density at radius 3 is 2.31 bits per heavy atom. The van der Waals surface area contributed by atoms with Gasteiger partial charge in [-0.25, -0.2) is 0 Å². The Morgan fingerprint density at radius 1 is 1.25 bits per heavy atom. The second-order valence-electron chi connectivity index (χ2n) is 5.94. The lowest BCUT2D eigenvalue weighted by atomic mass is 9.97. The van der Waals surface area contributed by atoms with Gasteiger partial charge in [-0.2, -0.15) is 0 Å². The molecule has 0 radical (unpaired) electrons. The Balaban J connectivity index is 1.58. The maximum absolute atomic E-state index is 11.8. The summed E-state index contributed by atoms with van der Waals surface area (Å²) in [6.45, 7) is 2.62. The smallest absolute Gasteiger partial charge is 0.222 e. The van der Waals surface area contributed by atoms with Crippen molar-refractivity contribution in [2.24, 2.45) is 29.4 Å². The van der Waals surface area contributed by atoms with Crippen molar-refractivity contribution in [2.45, 2.75) is 32.1 Å². The van der Waals surface area contributed by atoms with Crippen molar-refractivity contribution in [3.8, 4) is 0 Å². The van der Waals surface area contributed by atoms with Crippen LogP contribution in [0.1, 0.15) is 32.1 Å². The minimum absolute atomic E-state index is 0.349. The minimum Gasteiger partial charge on any atom is -0.342 e. The van der Waals surface area contributed by atoms with Crippen LogP contribution < -0.4 is 5.73 Å². The van der Waals surface area contributed by atoms with Gasteiger partial charge < -0.3 is 10.6 Å². The number of likely N-dealkylation sites (tertiary alicyclic amines) is 1. The second kappa shape index (κ2) is 4.02. The van der Waals surface area contributed by atoms with Crippen LogP contribution in [-0.4, -0.2) is 30.4 Å². The van der Waals surface area contributed by atoms with Gasteiger partial charge in [0, 0.05) is 19.5 Å². The zero-order valence-corrected chi connectivity index (χ0v) is 9.90. The van der Waals surface area contributed by atoms with Gasteiger partial charge in [0.1, 0.15) is 0 Å². The molecule has 16 heavy (non-hydrogen) atoms. The number of carbonyl (C=O) groups excluding carboxylic acids is 1. The van der Waals surface area contributed by atoms with E-state index in [1.807, 2.05) is 0 Å². The average Bonchev–Trinajstić information content (AvgIpc) is 3.14. The Kier molecular flexibility index (Phi) is 2.66. The first kappa shape index (κ1) is 10.6. The SMILES string of the molecule is NCC1CC(=O)N(CC(C2CC2)C2CC2)C1. The van der Waals surface area contributed by atoms with E-state index >= 15 is 0 Å². The number of nitrogens with two attached hydrogens (primary N) is 1. The van der Waals surface area contributed by atoms with Crippen LogP contribution in [0.3, 0.4) is 0 Å². The molecule has 3 aliphatic rings. The van der Waals surface area contributed by atoms with E-state index in [0.717, 1.165) is 30.8 Å². The highest BCUT2D eigenvalue weighted by Crippen LogP contribution is 2.49. The molecular formula is C13H22N2O. The predicted molar refractivity (Wildman–Crippen MR) is 62.7 cm³/mol. The molecule has 1 aliphatic heterocycles. The molecule has 1 unspecified atom stereocenters. The molecule has 0 bridgehead atoms. The molecule has 0 spiro atoms. The van der Waals surface area contributed by atoms with E-state index in [1.54, 1.807) is 0 Å². The van der Waals surface area contributed by atoms with Crippen LogP contribution in [0.25, 0.3) is 0 Å². The first-order chi connectivity index (χ1) is 7.78. The van der Waals surface area contributed by atoms with Crippen molar-refractivity contribution in [2.75, 3.05) is 19.6 Å². The Bertz CT molecular complexity index is 272. The molecule has 3 fully saturated rings. The monoisotopic (exact) mass is 222 g/mol. The third kappa shape index (κ3) is 2.10. The standard InChI is InChI=1S/C13H22N2O/c14-6-9-5-13(16)15(7-9)8-12(10-1-2-10)11-3-4-11/h9-12H,1-8,14H2. The topological polar surface area (TPSA) is 46.3 Å². The third-order valence-corrected chi connectivity index (χ3v) is 4.51. The number of rotatable bonds is 5. The van der Waals surface area contributed by atoms with Crippen LogP contribution in [-0.2, 0) is 4.79 Å². The number of hydrogen-bond donors (Lipinski definition) is 1. The van der Waals surface area contributed by atoms with Gasteiger partial charge in [-0.1, -0.05) is 0 Å². The number of amides is 1. The molecule has 2 saturated carbocycles. The van der Waals surface area contributed by atoms with Gasteiger partial charge in [-0.15, -0.1) is 0 Å². The fourth-order valence-corrected chi connectivity index (χ4v) is 3.17. The highest BCUT2D eigenvalue weighted by Gasteiger charge is 2.43. The highest BCUT2D eigenvalue weighted by molar-refractivity contribution is 5.78. The summed E-state index contributed by atoms with van der Waals surface area (Å²) in [5, 5.41) is 0. The minimum atomic E-state index is 0.349. The highest BCUT2D eigenvalue weighted by atomic mass is 16.2. The van der Waals surface area contributed by atoms with Crippen molar-refractivity contribution in [1.29, 1.82) is 0 Å². The van der Waals surface area contributed by atoms with Gasteiger partial charge in [0.25, 0.3) is 0 Å². The van der Waals surface area contributed by atoms with Gasteiger partial charge in [0.05, 0.1) is 0 Å². The van der Waals surface area contributed by atoms with E-state index < -0.39 is 0 Å². The zero-order valence-electron chi connectivity index (χ0n) is 9.90. The lowest BCUT2D eigenvalue weighted by molar-refractivity contribution is -0.128. The average molecular weight is 222 g/mol. The quantitative estimate of drug-likeness (QED) is 0.760. The maximum atomic E-state index is 11.8. The molecule has 2 aliphatic carbocycles. The van der Waals surface area contributed by atoms with Crippen molar-refractivity contribution < 1.29 is 4.79 Å². The van der Waals surface area contributed by atoms with E-state index in [0.29, 0.717) is 24.8 Å². The van der Waals surface area contributed by atoms with E-state index in [9.17, 15) is 4.79 Å². The summed E-state index contributed by atoms with van der Waals surface area (Å²) in [6, 6.07) is 0. The molecule has 1 amide bonds. The molecule has 1 saturated heterocycles. The fraction of sp³-hybridized carbons (Fsp3) is 0.923. The van der Waals surface area contributed by atoms with E-state index in [1.165, 1.54) is 25.7 Å². The Morgan fingerprint density at radius 2 is 1.88 bits per heavy atom. The molecule has 0 aromatic carbocycles. The predicted octanol–water partition coefficient (Wildman–Crippen LogP) is 1.23. The largest absolute Gasteiger partial charge is 0.342 e. The Hall–Kier alpha value is -0.570. The summed E-state index contributed by atoms with van der Waals surface area (Å²) in [6.07, 6.45) is 6.32. The van der Waals surface area contributed by atoms with Crippen molar-refractivity contribution in [3.05, 3.63) is 0 Å².